The summed E-state index contributed by atoms with van der Waals surface area (Å²) in [6.07, 6.45) is 0. The van der Waals surface area contributed by atoms with Crippen LogP contribution in [0.2, 0.25) is 0 Å². The van der Waals surface area contributed by atoms with Crippen LogP contribution < -0.4 is 14.4 Å². The smallest absolute Gasteiger partial charge is 0.260 e. The van der Waals surface area contributed by atoms with E-state index in [0.717, 1.165) is 11.6 Å². The number of ether oxygens (including phenoxy) is 2. The predicted octanol–water partition coefficient (Wildman–Crippen LogP) is 3.30. The molecule has 0 bridgehead atoms. The number of aromatic nitrogens is 2. The van der Waals surface area contributed by atoms with E-state index < -0.39 is 0 Å². The molecule has 0 unspecified atom stereocenters. The average Bonchev–Trinajstić information content (AvgIpc) is 2.78. The molecule has 1 aromatic heterocycles. The van der Waals surface area contributed by atoms with Crippen LogP contribution in [0.4, 0.5) is 5.82 Å². The van der Waals surface area contributed by atoms with Gasteiger partial charge in [0.1, 0.15) is 23.1 Å². The summed E-state index contributed by atoms with van der Waals surface area (Å²) < 4.78 is 11.4. The first-order valence-electron chi connectivity index (χ1n) is 9.96. The normalized spacial score (nSPS) is 13.8. The number of para-hydroxylation sites is 2. The summed E-state index contributed by atoms with van der Waals surface area (Å²) in [5, 5.41) is 0. The average molecular weight is 404 g/mol. The third-order valence-electron chi connectivity index (χ3n) is 4.83. The van der Waals surface area contributed by atoms with Crippen molar-refractivity contribution in [2.24, 2.45) is 0 Å². The fraction of sp³-hybridized carbons (Fsp3) is 0.261. The lowest BCUT2D eigenvalue weighted by Crippen LogP contribution is -2.50. The van der Waals surface area contributed by atoms with Gasteiger partial charge in [0, 0.05) is 32.2 Å². The topological polar surface area (TPSA) is 67.8 Å². The summed E-state index contributed by atoms with van der Waals surface area (Å²) in [6, 6.07) is 20.8. The minimum atomic E-state index is -0.00882. The molecule has 0 spiro atoms. The molecule has 0 N–H and O–H groups in total. The van der Waals surface area contributed by atoms with Crippen molar-refractivity contribution in [2.45, 2.75) is 6.92 Å². The second kappa shape index (κ2) is 9.26. The van der Waals surface area contributed by atoms with E-state index in [2.05, 4.69) is 14.9 Å². The molecule has 0 aliphatic carbocycles. The molecule has 154 valence electrons. The second-order valence-electron chi connectivity index (χ2n) is 7.00. The number of benzene rings is 2. The van der Waals surface area contributed by atoms with Gasteiger partial charge < -0.3 is 19.3 Å². The van der Waals surface area contributed by atoms with E-state index in [1.807, 2.05) is 78.6 Å². The number of amides is 1. The first-order chi connectivity index (χ1) is 14.7. The van der Waals surface area contributed by atoms with Gasteiger partial charge in [-0.15, -0.1) is 0 Å². The fourth-order valence-corrected chi connectivity index (χ4v) is 3.29. The molecule has 1 saturated heterocycles. The molecule has 1 amide bonds. The van der Waals surface area contributed by atoms with E-state index in [1.54, 1.807) is 0 Å². The second-order valence-corrected chi connectivity index (χ2v) is 7.00. The van der Waals surface area contributed by atoms with Crippen molar-refractivity contribution in [3.05, 3.63) is 72.6 Å². The molecule has 7 heteroatoms. The molecule has 1 aliphatic heterocycles. The minimum Gasteiger partial charge on any atom is -0.484 e. The highest BCUT2D eigenvalue weighted by Crippen LogP contribution is 2.24. The van der Waals surface area contributed by atoms with Crippen LogP contribution in [0.15, 0.2) is 66.7 Å². The van der Waals surface area contributed by atoms with E-state index in [9.17, 15) is 4.79 Å². The van der Waals surface area contributed by atoms with Gasteiger partial charge in [0.25, 0.3) is 5.91 Å². The first-order valence-corrected chi connectivity index (χ1v) is 9.96. The molecule has 4 rings (SSSR count). The Morgan fingerprint density at radius 1 is 0.900 bits per heavy atom. The molecule has 30 heavy (non-hydrogen) atoms. The quantitative estimate of drug-likeness (QED) is 0.628. The maximum absolute atomic E-state index is 12.5. The Balaban J connectivity index is 1.34. The zero-order valence-electron chi connectivity index (χ0n) is 16.9. The Morgan fingerprint density at radius 2 is 1.53 bits per heavy atom. The third-order valence-corrected chi connectivity index (χ3v) is 4.83. The fourth-order valence-electron chi connectivity index (χ4n) is 3.29. The van der Waals surface area contributed by atoms with Gasteiger partial charge in [-0.3, -0.25) is 4.79 Å². The van der Waals surface area contributed by atoms with Crippen molar-refractivity contribution >= 4 is 11.7 Å². The lowest BCUT2D eigenvalue weighted by atomic mass is 10.3. The van der Waals surface area contributed by atoms with Crippen molar-refractivity contribution in [3.8, 4) is 17.4 Å². The monoisotopic (exact) mass is 404 g/mol. The van der Waals surface area contributed by atoms with Crippen LogP contribution in [0.1, 0.15) is 5.82 Å². The number of hydrogen-bond donors (Lipinski definition) is 0. The van der Waals surface area contributed by atoms with Gasteiger partial charge in [-0.1, -0.05) is 36.4 Å². The van der Waals surface area contributed by atoms with Crippen LogP contribution in [0.25, 0.3) is 0 Å². The molecule has 0 radical (unpaired) electrons. The van der Waals surface area contributed by atoms with Gasteiger partial charge in [0.15, 0.2) is 6.61 Å². The predicted molar refractivity (Wildman–Crippen MR) is 114 cm³/mol. The highest BCUT2D eigenvalue weighted by atomic mass is 16.5. The molecular weight excluding hydrogens is 380 g/mol. The maximum atomic E-state index is 12.5. The Labute approximate surface area is 175 Å². The number of nitrogens with zero attached hydrogens (tertiary/aromatic N) is 4. The number of carbonyl (C=O) groups is 1. The number of piperazine rings is 1. The number of carbonyl (C=O) groups excluding carboxylic acids is 1. The standard InChI is InChI=1S/C23H24N4O3/c1-18-24-21(16-22(25-18)30-20-10-6-3-7-11-20)26-12-14-27(15-13-26)23(28)17-29-19-8-4-2-5-9-19/h2-11,16H,12-15,17H2,1H3. The van der Waals surface area contributed by atoms with E-state index >= 15 is 0 Å². The Hall–Kier alpha value is -3.61. The van der Waals surface area contributed by atoms with Crippen molar-refractivity contribution in [2.75, 3.05) is 37.7 Å². The highest BCUT2D eigenvalue weighted by molar-refractivity contribution is 5.78. The zero-order valence-corrected chi connectivity index (χ0v) is 16.9. The van der Waals surface area contributed by atoms with E-state index in [4.69, 9.17) is 9.47 Å². The molecule has 1 aliphatic rings. The van der Waals surface area contributed by atoms with Crippen molar-refractivity contribution in [1.82, 2.24) is 14.9 Å². The molecule has 2 heterocycles. The molecule has 7 nitrogen and oxygen atoms in total. The summed E-state index contributed by atoms with van der Waals surface area (Å²) in [5.41, 5.74) is 0. The van der Waals surface area contributed by atoms with Gasteiger partial charge in [0.05, 0.1) is 0 Å². The molecular formula is C23H24N4O3. The lowest BCUT2D eigenvalue weighted by Gasteiger charge is -2.35. The van der Waals surface area contributed by atoms with Gasteiger partial charge >= 0.3 is 0 Å². The maximum Gasteiger partial charge on any atom is 0.260 e. The van der Waals surface area contributed by atoms with Gasteiger partial charge in [-0.2, -0.15) is 4.98 Å². The summed E-state index contributed by atoms with van der Waals surface area (Å²) >= 11 is 0. The number of hydrogen-bond acceptors (Lipinski definition) is 6. The SMILES string of the molecule is Cc1nc(Oc2ccccc2)cc(N2CCN(C(=O)COc3ccccc3)CC2)n1. The van der Waals surface area contributed by atoms with Crippen LogP contribution in [0.5, 0.6) is 17.4 Å². The van der Waals surface area contributed by atoms with Crippen LogP contribution in [0.3, 0.4) is 0 Å². The third kappa shape index (κ3) is 5.05. The van der Waals surface area contributed by atoms with Crippen LogP contribution in [0, 0.1) is 6.92 Å². The Morgan fingerprint density at radius 3 is 2.20 bits per heavy atom. The summed E-state index contributed by atoms with van der Waals surface area (Å²) in [7, 11) is 0. The van der Waals surface area contributed by atoms with Gasteiger partial charge in [-0.05, 0) is 31.2 Å². The van der Waals surface area contributed by atoms with Crippen molar-refractivity contribution in [1.29, 1.82) is 0 Å². The van der Waals surface area contributed by atoms with Gasteiger partial charge in [-0.25, -0.2) is 4.98 Å². The summed E-state index contributed by atoms with van der Waals surface area (Å²) in [5.74, 6) is 3.39. The molecule has 1 fully saturated rings. The summed E-state index contributed by atoms with van der Waals surface area (Å²) in [6.45, 7) is 4.52. The Bertz CT molecular complexity index is 974. The van der Waals surface area contributed by atoms with Crippen LogP contribution in [-0.4, -0.2) is 53.6 Å². The number of rotatable bonds is 6. The van der Waals surface area contributed by atoms with Crippen LogP contribution >= 0.6 is 0 Å². The van der Waals surface area contributed by atoms with Gasteiger partial charge in [0.2, 0.25) is 5.88 Å². The van der Waals surface area contributed by atoms with E-state index in [1.165, 1.54) is 0 Å². The summed E-state index contributed by atoms with van der Waals surface area (Å²) in [4.78, 5) is 25.4. The van der Waals surface area contributed by atoms with E-state index in [-0.39, 0.29) is 12.5 Å². The number of aryl methyl sites for hydroxylation is 1. The Kier molecular flexibility index (Phi) is 6.08. The molecule has 0 atom stereocenters. The molecule has 3 aromatic rings. The van der Waals surface area contributed by atoms with Crippen LogP contribution in [-0.2, 0) is 4.79 Å². The first kappa shape index (κ1) is 19.7. The number of anilines is 1. The minimum absolute atomic E-state index is 0.00882. The molecule has 0 saturated carbocycles. The molecule has 2 aromatic carbocycles. The lowest BCUT2D eigenvalue weighted by molar-refractivity contribution is -0.133. The van der Waals surface area contributed by atoms with E-state index in [0.29, 0.717) is 43.6 Å². The van der Waals surface area contributed by atoms with Crippen molar-refractivity contribution < 1.29 is 14.3 Å². The largest absolute Gasteiger partial charge is 0.484 e. The zero-order chi connectivity index (χ0) is 20.8. The van der Waals surface area contributed by atoms with Crippen molar-refractivity contribution in [3.63, 3.8) is 0 Å². The highest BCUT2D eigenvalue weighted by Gasteiger charge is 2.23.